The monoisotopic (exact) mass is 157 g/mol. The Morgan fingerprint density at radius 2 is 2.45 bits per heavy atom. The Morgan fingerprint density at radius 1 is 1.82 bits per heavy atom. The SMILES string of the molecule is C=C[C@@H](N)CCC(=O)OCC. The molecule has 0 aliphatic rings. The van der Waals surface area contributed by atoms with Gasteiger partial charge in [0.15, 0.2) is 0 Å². The van der Waals surface area contributed by atoms with Crippen molar-refractivity contribution in [1.29, 1.82) is 0 Å². The van der Waals surface area contributed by atoms with Crippen molar-refractivity contribution in [3.8, 4) is 0 Å². The van der Waals surface area contributed by atoms with Crippen LogP contribution in [0.5, 0.6) is 0 Å². The quantitative estimate of drug-likeness (QED) is 0.475. The van der Waals surface area contributed by atoms with Crippen molar-refractivity contribution in [2.24, 2.45) is 5.73 Å². The molecule has 0 aromatic carbocycles. The van der Waals surface area contributed by atoms with Crippen LogP contribution in [0.4, 0.5) is 0 Å². The first-order valence-corrected chi connectivity index (χ1v) is 3.74. The highest BCUT2D eigenvalue weighted by Crippen LogP contribution is 1.96. The van der Waals surface area contributed by atoms with Crippen molar-refractivity contribution >= 4 is 5.97 Å². The zero-order chi connectivity index (χ0) is 8.69. The maximum absolute atomic E-state index is 10.8. The topological polar surface area (TPSA) is 52.3 Å². The first-order chi connectivity index (χ1) is 5.20. The second kappa shape index (κ2) is 5.92. The highest BCUT2D eigenvalue weighted by Gasteiger charge is 2.03. The van der Waals surface area contributed by atoms with E-state index in [1.54, 1.807) is 13.0 Å². The van der Waals surface area contributed by atoms with Crippen LogP contribution in [0.3, 0.4) is 0 Å². The molecule has 0 unspecified atom stereocenters. The molecule has 0 aromatic heterocycles. The van der Waals surface area contributed by atoms with Crippen molar-refractivity contribution in [3.63, 3.8) is 0 Å². The van der Waals surface area contributed by atoms with Crippen molar-refractivity contribution in [2.45, 2.75) is 25.8 Å². The molecule has 3 nitrogen and oxygen atoms in total. The maximum atomic E-state index is 10.8. The molecule has 2 N–H and O–H groups in total. The molecule has 0 amide bonds. The summed E-state index contributed by atoms with van der Waals surface area (Å²) in [5, 5.41) is 0. The molecule has 0 aliphatic carbocycles. The minimum atomic E-state index is -0.190. The van der Waals surface area contributed by atoms with Crippen molar-refractivity contribution < 1.29 is 9.53 Å². The zero-order valence-electron chi connectivity index (χ0n) is 6.88. The highest BCUT2D eigenvalue weighted by atomic mass is 16.5. The summed E-state index contributed by atoms with van der Waals surface area (Å²) in [7, 11) is 0. The Bertz CT molecular complexity index is 134. The van der Waals surface area contributed by atoms with Crippen molar-refractivity contribution in [1.82, 2.24) is 0 Å². The van der Waals surface area contributed by atoms with E-state index in [-0.39, 0.29) is 12.0 Å². The molecule has 0 rings (SSSR count). The van der Waals surface area contributed by atoms with Crippen molar-refractivity contribution in [2.75, 3.05) is 6.61 Å². The van der Waals surface area contributed by atoms with E-state index >= 15 is 0 Å². The second-order valence-electron chi connectivity index (χ2n) is 2.24. The second-order valence-corrected chi connectivity index (χ2v) is 2.24. The summed E-state index contributed by atoms with van der Waals surface area (Å²) in [6.07, 6.45) is 2.61. The molecule has 0 radical (unpaired) electrons. The zero-order valence-corrected chi connectivity index (χ0v) is 6.88. The molecule has 64 valence electrons. The van der Waals surface area contributed by atoms with E-state index in [0.29, 0.717) is 19.4 Å². The number of rotatable bonds is 5. The third kappa shape index (κ3) is 5.61. The lowest BCUT2D eigenvalue weighted by atomic mass is 10.2. The standard InChI is InChI=1S/C8H15NO2/c1-3-7(9)5-6-8(10)11-4-2/h3,7H,1,4-6,9H2,2H3/t7-/m1/s1. The van der Waals surface area contributed by atoms with Crippen LogP contribution in [0.1, 0.15) is 19.8 Å². The number of nitrogens with two attached hydrogens (primary N) is 1. The van der Waals surface area contributed by atoms with Crippen LogP contribution in [0.15, 0.2) is 12.7 Å². The lowest BCUT2D eigenvalue weighted by molar-refractivity contribution is -0.143. The molecule has 0 fully saturated rings. The predicted molar refractivity (Wildman–Crippen MR) is 44.0 cm³/mol. The van der Waals surface area contributed by atoms with Gasteiger partial charge in [-0.15, -0.1) is 6.58 Å². The van der Waals surface area contributed by atoms with Gasteiger partial charge in [0, 0.05) is 12.5 Å². The summed E-state index contributed by atoms with van der Waals surface area (Å²) >= 11 is 0. The number of hydrogen-bond donors (Lipinski definition) is 1. The summed E-state index contributed by atoms with van der Waals surface area (Å²) < 4.78 is 4.71. The lowest BCUT2D eigenvalue weighted by Crippen LogP contribution is -2.18. The van der Waals surface area contributed by atoms with E-state index in [9.17, 15) is 4.79 Å². The van der Waals surface area contributed by atoms with E-state index in [1.807, 2.05) is 0 Å². The first kappa shape index (κ1) is 10.2. The van der Waals surface area contributed by atoms with Crippen LogP contribution >= 0.6 is 0 Å². The minimum Gasteiger partial charge on any atom is -0.466 e. The van der Waals surface area contributed by atoms with Gasteiger partial charge in [-0.3, -0.25) is 4.79 Å². The van der Waals surface area contributed by atoms with E-state index in [4.69, 9.17) is 10.5 Å². The van der Waals surface area contributed by atoms with Gasteiger partial charge >= 0.3 is 5.97 Å². The van der Waals surface area contributed by atoms with Crippen LogP contribution in [-0.4, -0.2) is 18.6 Å². The Hall–Kier alpha value is -0.830. The summed E-state index contributed by atoms with van der Waals surface area (Å²) in [6, 6.07) is -0.0978. The van der Waals surface area contributed by atoms with Crippen LogP contribution < -0.4 is 5.73 Å². The number of hydrogen-bond acceptors (Lipinski definition) is 3. The largest absolute Gasteiger partial charge is 0.466 e. The molecule has 0 saturated carbocycles. The number of ether oxygens (including phenoxy) is 1. The number of carbonyl (C=O) groups is 1. The number of esters is 1. The lowest BCUT2D eigenvalue weighted by Gasteiger charge is -2.04. The molecule has 0 spiro atoms. The fraction of sp³-hybridized carbons (Fsp3) is 0.625. The molecule has 0 bridgehead atoms. The molecule has 0 heterocycles. The fourth-order valence-electron chi connectivity index (χ4n) is 0.636. The molecule has 11 heavy (non-hydrogen) atoms. The van der Waals surface area contributed by atoms with Gasteiger partial charge in [0.05, 0.1) is 6.61 Å². The first-order valence-electron chi connectivity index (χ1n) is 3.74. The van der Waals surface area contributed by atoms with Crippen LogP contribution in [-0.2, 0) is 9.53 Å². The third-order valence-electron chi connectivity index (χ3n) is 1.29. The average Bonchev–Trinajstić information content (AvgIpc) is 2.01. The average molecular weight is 157 g/mol. The Kier molecular flexibility index (Phi) is 5.47. The summed E-state index contributed by atoms with van der Waals surface area (Å²) in [6.45, 7) is 5.72. The van der Waals surface area contributed by atoms with E-state index in [2.05, 4.69) is 6.58 Å². The van der Waals surface area contributed by atoms with Crippen LogP contribution in [0.2, 0.25) is 0 Å². The van der Waals surface area contributed by atoms with Crippen LogP contribution in [0.25, 0.3) is 0 Å². The predicted octanol–water partition coefficient (Wildman–Crippen LogP) is 0.843. The van der Waals surface area contributed by atoms with Crippen LogP contribution in [0, 0.1) is 0 Å². The van der Waals surface area contributed by atoms with Gasteiger partial charge in [0.25, 0.3) is 0 Å². The van der Waals surface area contributed by atoms with Gasteiger partial charge in [0.1, 0.15) is 0 Å². The molecular formula is C8H15NO2. The third-order valence-corrected chi connectivity index (χ3v) is 1.29. The normalized spacial score (nSPS) is 12.2. The highest BCUT2D eigenvalue weighted by molar-refractivity contribution is 5.69. The van der Waals surface area contributed by atoms with E-state index in [0.717, 1.165) is 0 Å². The molecule has 0 saturated heterocycles. The molecule has 1 atom stereocenters. The van der Waals surface area contributed by atoms with Gasteiger partial charge < -0.3 is 10.5 Å². The molecule has 0 aliphatic heterocycles. The minimum absolute atomic E-state index is 0.0978. The maximum Gasteiger partial charge on any atom is 0.305 e. The summed E-state index contributed by atoms with van der Waals surface area (Å²) in [4.78, 5) is 10.8. The molecule has 0 aromatic rings. The Labute approximate surface area is 67.2 Å². The summed E-state index contributed by atoms with van der Waals surface area (Å²) in [5.74, 6) is -0.190. The smallest absolute Gasteiger partial charge is 0.305 e. The summed E-state index contributed by atoms with van der Waals surface area (Å²) in [5.41, 5.74) is 5.49. The van der Waals surface area contributed by atoms with Gasteiger partial charge in [-0.1, -0.05) is 6.08 Å². The van der Waals surface area contributed by atoms with Crippen molar-refractivity contribution in [3.05, 3.63) is 12.7 Å². The van der Waals surface area contributed by atoms with E-state index in [1.165, 1.54) is 0 Å². The Balaban J connectivity index is 3.37. The van der Waals surface area contributed by atoms with Gasteiger partial charge in [-0.05, 0) is 13.3 Å². The van der Waals surface area contributed by atoms with Gasteiger partial charge in [-0.2, -0.15) is 0 Å². The molecule has 3 heteroatoms. The molecular weight excluding hydrogens is 142 g/mol. The van der Waals surface area contributed by atoms with E-state index < -0.39 is 0 Å². The fourth-order valence-corrected chi connectivity index (χ4v) is 0.636. The Morgan fingerprint density at radius 3 is 2.91 bits per heavy atom. The van der Waals surface area contributed by atoms with Gasteiger partial charge in [-0.25, -0.2) is 0 Å². The number of carbonyl (C=O) groups excluding carboxylic acids is 1. The van der Waals surface area contributed by atoms with Gasteiger partial charge in [0.2, 0.25) is 0 Å².